The first-order valence-electron chi connectivity index (χ1n) is 4.06. The van der Waals surface area contributed by atoms with Gasteiger partial charge >= 0.3 is 0 Å². The Kier molecular flexibility index (Phi) is 3.28. The predicted molar refractivity (Wildman–Crippen MR) is 48.5 cm³/mol. The fraction of sp³-hybridized carbons (Fsp3) is 0.900. The lowest BCUT2D eigenvalue weighted by Gasteiger charge is -2.30. The lowest BCUT2D eigenvalue weighted by Crippen LogP contribution is -2.32. The van der Waals surface area contributed by atoms with Crippen molar-refractivity contribution in [3.63, 3.8) is 0 Å². The third-order valence-corrected chi connectivity index (χ3v) is 2.22. The number of carbonyl (C=O) groups is 1. The number of ketones is 1. The van der Waals surface area contributed by atoms with Gasteiger partial charge in [0.25, 0.3) is 0 Å². The van der Waals surface area contributed by atoms with E-state index in [1.807, 2.05) is 20.8 Å². The second-order valence-electron chi connectivity index (χ2n) is 4.24. The third kappa shape index (κ3) is 2.32. The molecule has 0 N–H and O–H groups in total. The average molecular weight is 156 g/mol. The zero-order valence-electron chi connectivity index (χ0n) is 7.11. The summed E-state index contributed by atoms with van der Waals surface area (Å²) in [4.78, 5) is 11.4. The minimum absolute atomic E-state index is 0. The number of hydrogen-bond donors (Lipinski definition) is 0. The molecular weight excluding hydrogens is 136 g/mol. The van der Waals surface area contributed by atoms with Crippen LogP contribution in [0.15, 0.2) is 0 Å². The van der Waals surface area contributed by atoms with E-state index in [9.17, 15) is 4.79 Å². The van der Waals surface area contributed by atoms with E-state index in [0.717, 1.165) is 12.8 Å². The molecule has 0 bridgehead atoms. The Balaban J connectivity index is 0.000001000. The van der Waals surface area contributed by atoms with Crippen molar-refractivity contribution in [3.8, 4) is 0 Å². The lowest BCUT2D eigenvalue weighted by molar-refractivity contribution is -0.132. The third-order valence-electron chi connectivity index (χ3n) is 2.22. The Bertz CT molecular complexity index is 137. The number of Topliss-reactive ketones (excluding diaryl/α,β-unsaturated/α-hetero) is 1. The summed E-state index contributed by atoms with van der Waals surface area (Å²) in [7, 11) is 0. The molecule has 0 atom stereocenters. The summed E-state index contributed by atoms with van der Waals surface area (Å²) >= 11 is 0. The molecule has 0 aromatic rings. The van der Waals surface area contributed by atoms with Gasteiger partial charge in [-0.25, -0.2) is 0 Å². The molecule has 1 saturated carbocycles. The van der Waals surface area contributed by atoms with Crippen molar-refractivity contribution in [3.05, 3.63) is 0 Å². The molecule has 0 saturated heterocycles. The van der Waals surface area contributed by atoms with Gasteiger partial charge in [0, 0.05) is 11.3 Å². The topological polar surface area (TPSA) is 17.1 Å². The Hall–Kier alpha value is -0.330. The Labute approximate surface area is 70.2 Å². The van der Waals surface area contributed by atoms with E-state index in [-0.39, 0.29) is 12.8 Å². The first-order valence-corrected chi connectivity index (χ1v) is 4.06. The smallest absolute Gasteiger partial charge is 0.141 e. The molecule has 0 aromatic heterocycles. The van der Waals surface area contributed by atoms with Crippen molar-refractivity contribution < 1.29 is 4.79 Å². The number of hydrogen-bond acceptors (Lipinski definition) is 1. The zero-order chi connectivity index (χ0) is 7.78. The van der Waals surface area contributed by atoms with Gasteiger partial charge in [-0.05, 0) is 12.8 Å². The van der Waals surface area contributed by atoms with E-state index < -0.39 is 0 Å². The highest BCUT2D eigenvalue weighted by Crippen LogP contribution is 2.33. The summed E-state index contributed by atoms with van der Waals surface area (Å²) in [5, 5.41) is 0. The Morgan fingerprint density at radius 3 is 1.82 bits per heavy atom. The maximum Gasteiger partial charge on any atom is 0.141 e. The van der Waals surface area contributed by atoms with Crippen LogP contribution in [-0.2, 0) is 4.79 Å². The minimum Gasteiger partial charge on any atom is -0.299 e. The van der Waals surface area contributed by atoms with Gasteiger partial charge in [0.2, 0.25) is 0 Å². The Morgan fingerprint density at radius 2 is 1.73 bits per heavy atom. The van der Waals surface area contributed by atoms with Crippen LogP contribution >= 0.6 is 0 Å². The number of rotatable bonds is 1. The number of carbonyl (C=O) groups excluding carboxylic acids is 1. The van der Waals surface area contributed by atoms with E-state index in [4.69, 9.17) is 0 Å². The highest BCUT2D eigenvalue weighted by Gasteiger charge is 2.32. The maximum absolute atomic E-state index is 11.4. The van der Waals surface area contributed by atoms with Crippen molar-refractivity contribution >= 4 is 5.78 Å². The summed E-state index contributed by atoms with van der Waals surface area (Å²) < 4.78 is 0. The second-order valence-corrected chi connectivity index (χ2v) is 4.24. The van der Waals surface area contributed by atoms with Crippen LogP contribution < -0.4 is 0 Å². The van der Waals surface area contributed by atoms with Gasteiger partial charge in [0.05, 0.1) is 0 Å². The van der Waals surface area contributed by atoms with Gasteiger partial charge in [-0.15, -0.1) is 0 Å². The molecule has 11 heavy (non-hydrogen) atoms. The Morgan fingerprint density at radius 1 is 1.27 bits per heavy atom. The molecule has 1 fully saturated rings. The normalized spacial score (nSPS) is 18.5. The molecule has 0 heterocycles. The average Bonchev–Trinajstić information content (AvgIpc) is 1.57. The highest BCUT2D eigenvalue weighted by atomic mass is 16.1. The quantitative estimate of drug-likeness (QED) is 0.570. The molecule has 0 spiro atoms. The van der Waals surface area contributed by atoms with Crippen LogP contribution in [0.1, 0.15) is 47.5 Å². The van der Waals surface area contributed by atoms with E-state index in [0.29, 0.717) is 11.7 Å². The highest BCUT2D eigenvalue weighted by molar-refractivity contribution is 5.86. The molecule has 1 aliphatic rings. The largest absolute Gasteiger partial charge is 0.299 e. The maximum atomic E-state index is 11.4. The van der Waals surface area contributed by atoms with Crippen LogP contribution in [0.25, 0.3) is 0 Å². The molecule has 1 rings (SSSR count). The van der Waals surface area contributed by atoms with Crippen LogP contribution in [0.3, 0.4) is 0 Å². The molecule has 0 unspecified atom stereocenters. The van der Waals surface area contributed by atoms with Crippen molar-refractivity contribution in [1.29, 1.82) is 0 Å². The molecular formula is C10H20O. The van der Waals surface area contributed by atoms with Crippen molar-refractivity contribution in [1.82, 2.24) is 0 Å². The van der Waals surface area contributed by atoms with Gasteiger partial charge in [-0.3, -0.25) is 4.79 Å². The second kappa shape index (κ2) is 3.38. The van der Waals surface area contributed by atoms with Crippen LogP contribution in [0.2, 0.25) is 0 Å². The van der Waals surface area contributed by atoms with E-state index in [1.54, 1.807) is 0 Å². The molecule has 0 aromatic carbocycles. The van der Waals surface area contributed by atoms with Gasteiger partial charge in [0.15, 0.2) is 0 Å². The van der Waals surface area contributed by atoms with E-state index in [2.05, 4.69) is 0 Å². The van der Waals surface area contributed by atoms with Gasteiger partial charge in [-0.2, -0.15) is 0 Å². The monoisotopic (exact) mass is 156 g/mol. The molecule has 1 heteroatoms. The van der Waals surface area contributed by atoms with E-state index >= 15 is 0 Å². The first-order chi connectivity index (χ1) is 4.52. The first kappa shape index (κ1) is 10.7. The lowest BCUT2D eigenvalue weighted by atomic mass is 9.73. The van der Waals surface area contributed by atoms with E-state index in [1.165, 1.54) is 6.42 Å². The molecule has 1 aliphatic carbocycles. The zero-order valence-corrected chi connectivity index (χ0v) is 7.11. The summed E-state index contributed by atoms with van der Waals surface area (Å²) in [5.41, 5.74) is -0.106. The van der Waals surface area contributed by atoms with Crippen LogP contribution in [0.5, 0.6) is 0 Å². The van der Waals surface area contributed by atoms with Gasteiger partial charge in [0.1, 0.15) is 5.78 Å². The fourth-order valence-electron chi connectivity index (χ4n) is 1.28. The molecule has 0 amide bonds. The SMILES string of the molecule is C.CC(C)(C)C(=O)C1CCC1. The standard InChI is InChI=1S/C9H16O.CH4/c1-9(2,3)8(10)7-5-4-6-7;/h7H,4-6H2,1-3H3;1H4. The molecule has 0 aliphatic heterocycles. The summed E-state index contributed by atoms with van der Waals surface area (Å²) in [6.07, 6.45) is 3.53. The fourth-order valence-corrected chi connectivity index (χ4v) is 1.28. The van der Waals surface area contributed by atoms with Crippen LogP contribution in [0.4, 0.5) is 0 Å². The van der Waals surface area contributed by atoms with Crippen molar-refractivity contribution in [2.45, 2.75) is 47.5 Å². The van der Waals surface area contributed by atoms with Gasteiger partial charge < -0.3 is 0 Å². The molecule has 0 radical (unpaired) electrons. The van der Waals surface area contributed by atoms with Crippen LogP contribution in [-0.4, -0.2) is 5.78 Å². The van der Waals surface area contributed by atoms with Crippen LogP contribution in [0, 0.1) is 11.3 Å². The van der Waals surface area contributed by atoms with Gasteiger partial charge in [-0.1, -0.05) is 34.6 Å². The molecule has 1 nitrogen and oxygen atoms in total. The summed E-state index contributed by atoms with van der Waals surface area (Å²) in [6.45, 7) is 6.02. The van der Waals surface area contributed by atoms with Crippen molar-refractivity contribution in [2.75, 3.05) is 0 Å². The predicted octanol–water partition coefficient (Wildman–Crippen LogP) is 3.04. The van der Waals surface area contributed by atoms with Crippen molar-refractivity contribution in [2.24, 2.45) is 11.3 Å². The summed E-state index contributed by atoms with van der Waals surface area (Å²) in [5.74, 6) is 0.860. The summed E-state index contributed by atoms with van der Waals surface area (Å²) in [6, 6.07) is 0. The minimum atomic E-state index is -0.106. The molecule has 66 valence electrons.